The summed E-state index contributed by atoms with van der Waals surface area (Å²) in [5, 5.41) is 3.92. The van der Waals surface area contributed by atoms with Gasteiger partial charge >= 0.3 is 11.9 Å². The third-order valence-corrected chi connectivity index (χ3v) is 5.88. The first kappa shape index (κ1) is 23.3. The molecule has 0 saturated carbocycles. The van der Waals surface area contributed by atoms with Crippen LogP contribution in [0.15, 0.2) is 45.4 Å². The van der Waals surface area contributed by atoms with Crippen LogP contribution in [0, 0.1) is 5.82 Å². The summed E-state index contributed by atoms with van der Waals surface area (Å²) in [4.78, 5) is 45.4. The van der Waals surface area contributed by atoms with Crippen LogP contribution in [0.25, 0.3) is 22.2 Å². The second kappa shape index (κ2) is 8.48. The second-order valence-electron chi connectivity index (χ2n) is 7.29. The van der Waals surface area contributed by atoms with Crippen molar-refractivity contribution in [2.75, 3.05) is 5.32 Å². The van der Waals surface area contributed by atoms with Crippen LogP contribution in [0.1, 0.15) is 11.3 Å². The molecular weight excluding hydrogens is 478 g/mol. The van der Waals surface area contributed by atoms with Crippen LogP contribution >= 0.6 is 11.3 Å². The smallest absolute Gasteiger partial charge is 0.302 e. The summed E-state index contributed by atoms with van der Waals surface area (Å²) >= 11 is 0.896. The van der Waals surface area contributed by atoms with Crippen molar-refractivity contribution >= 4 is 33.3 Å². The third-order valence-electron chi connectivity index (χ3n) is 5.12. The first-order valence-electron chi connectivity index (χ1n) is 9.64. The molecule has 176 valence electrons. The van der Waals surface area contributed by atoms with Crippen LogP contribution in [0.3, 0.4) is 0 Å². The summed E-state index contributed by atoms with van der Waals surface area (Å²) in [6.07, 6.45) is -3.83. The van der Waals surface area contributed by atoms with E-state index >= 15 is 0 Å². The molecule has 0 bridgehead atoms. The average molecular weight is 493 g/mol. The van der Waals surface area contributed by atoms with Gasteiger partial charge in [0.15, 0.2) is 5.13 Å². The number of nitrogens with one attached hydrogen (secondary N) is 1. The van der Waals surface area contributed by atoms with Crippen molar-refractivity contribution in [2.24, 2.45) is 14.1 Å². The number of hydrogen-bond acceptors (Lipinski definition) is 6. The van der Waals surface area contributed by atoms with Gasteiger partial charge in [0.05, 0.1) is 34.3 Å². The highest BCUT2D eigenvalue weighted by atomic mass is 32.1. The maximum Gasteiger partial charge on any atom is 0.419 e. The molecule has 13 heteroatoms. The topological polar surface area (TPSA) is 98.9 Å². The molecule has 3 heterocycles. The highest BCUT2D eigenvalue weighted by Crippen LogP contribution is 2.36. The Bertz CT molecular complexity index is 1560. The fourth-order valence-corrected chi connectivity index (χ4v) is 4.17. The van der Waals surface area contributed by atoms with E-state index in [4.69, 9.17) is 0 Å². The van der Waals surface area contributed by atoms with Crippen LogP contribution in [-0.4, -0.2) is 25.0 Å². The van der Waals surface area contributed by atoms with E-state index in [0.29, 0.717) is 11.6 Å². The Morgan fingerprint density at radius 2 is 1.88 bits per heavy atom. The summed E-state index contributed by atoms with van der Waals surface area (Å²) in [5.41, 5.74) is -2.54. The molecule has 0 spiro atoms. The summed E-state index contributed by atoms with van der Waals surface area (Å²) in [6.45, 7) is 0. The highest BCUT2D eigenvalue weighted by molar-refractivity contribution is 7.14. The SMILES string of the molecule is Cn1c(=O)c2c(CC(=O)Nc3nc(-c4cccc(C(F)(F)F)c4F)cs3)nccc2n(C)c1=O. The molecule has 1 aromatic carbocycles. The molecule has 34 heavy (non-hydrogen) atoms. The Morgan fingerprint density at radius 1 is 1.15 bits per heavy atom. The molecule has 8 nitrogen and oxygen atoms in total. The number of anilines is 1. The van der Waals surface area contributed by atoms with Crippen molar-refractivity contribution in [3.8, 4) is 11.3 Å². The van der Waals surface area contributed by atoms with Crippen molar-refractivity contribution in [1.82, 2.24) is 19.1 Å². The number of carbonyl (C=O) groups is 1. The molecule has 0 unspecified atom stereocenters. The molecule has 0 atom stereocenters. The van der Waals surface area contributed by atoms with Gasteiger partial charge in [-0.1, -0.05) is 6.07 Å². The number of rotatable bonds is 4. The summed E-state index contributed by atoms with van der Waals surface area (Å²) in [7, 11) is 2.79. The average Bonchev–Trinajstić information content (AvgIpc) is 3.23. The fraction of sp³-hybridized carbons (Fsp3) is 0.190. The van der Waals surface area contributed by atoms with Crippen molar-refractivity contribution in [2.45, 2.75) is 12.6 Å². The third kappa shape index (κ3) is 4.09. The Labute approximate surface area is 192 Å². The Hall–Kier alpha value is -3.87. The molecule has 0 radical (unpaired) electrons. The predicted molar refractivity (Wildman–Crippen MR) is 117 cm³/mol. The van der Waals surface area contributed by atoms with E-state index in [1.54, 1.807) is 0 Å². The van der Waals surface area contributed by atoms with E-state index in [1.165, 1.54) is 36.3 Å². The lowest BCUT2D eigenvalue weighted by Gasteiger charge is -2.10. The highest BCUT2D eigenvalue weighted by Gasteiger charge is 2.35. The molecule has 4 aromatic rings. The molecule has 0 saturated heterocycles. The van der Waals surface area contributed by atoms with E-state index in [0.717, 1.165) is 28.0 Å². The number of nitrogens with zero attached hydrogens (tertiary/aromatic N) is 4. The van der Waals surface area contributed by atoms with Gasteiger partial charge in [0.1, 0.15) is 5.82 Å². The van der Waals surface area contributed by atoms with Crippen molar-refractivity contribution < 1.29 is 22.4 Å². The maximum absolute atomic E-state index is 14.4. The van der Waals surface area contributed by atoms with Gasteiger partial charge in [-0.15, -0.1) is 11.3 Å². The Balaban J connectivity index is 1.61. The van der Waals surface area contributed by atoms with Crippen LogP contribution < -0.4 is 16.6 Å². The molecule has 4 rings (SSSR count). The van der Waals surface area contributed by atoms with E-state index < -0.39 is 34.7 Å². The number of thiazole rings is 1. The van der Waals surface area contributed by atoms with E-state index in [9.17, 15) is 31.9 Å². The monoisotopic (exact) mass is 493 g/mol. The summed E-state index contributed by atoms with van der Waals surface area (Å²) in [6, 6.07) is 4.34. The van der Waals surface area contributed by atoms with Crippen LogP contribution in [-0.2, 0) is 31.5 Å². The molecule has 1 N–H and O–H groups in total. The Morgan fingerprint density at radius 3 is 2.59 bits per heavy atom. The van der Waals surface area contributed by atoms with Crippen LogP contribution in [0.5, 0.6) is 0 Å². The van der Waals surface area contributed by atoms with Crippen molar-refractivity contribution in [3.05, 3.63) is 73.8 Å². The van der Waals surface area contributed by atoms with Gasteiger partial charge in [0.2, 0.25) is 5.91 Å². The zero-order valence-corrected chi connectivity index (χ0v) is 18.4. The van der Waals surface area contributed by atoms with Gasteiger partial charge in [-0.2, -0.15) is 13.2 Å². The fourth-order valence-electron chi connectivity index (χ4n) is 3.44. The van der Waals surface area contributed by atoms with Gasteiger partial charge in [-0.05, 0) is 18.2 Å². The lowest BCUT2D eigenvalue weighted by Crippen LogP contribution is -2.37. The summed E-state index contributed by atoms with van der Waals surface area (Å²) in [5.74, 6) is -2.07. The van der Waals surface area contributed by atoms with Gasteiger partial charge in [-0.25, -0.2) is 14.2 Å². The number of fused-ring (bicyclic) bond motifs is 1. The molecular formula is C21H15F4N5O3S. The normalized spacial score (nSPS) is 11.7. The number of pyridine rings is 1. The number of hydrogen-bond donors (Lipinski definition) is 1. The van der Waals surface area contributed by atoms with Crippen molar-refractivity contribution in [3.63, 3.8) is 0 Å². The van der Waals surface area contributed by atoms with Gasteiger partial charge in [0.25, 0.3) is 5.56 Å². The minimum absolute atomic E-state index is 0.0253. The zero-order chi connectivity index (χ0) is 24.8. The largest absolute Gasteiger partial charge is 0.419 e. The first-order valence-corrected chi connectivity index (χ1v) is 10.5. The van der Waals surface area contributed by atoms with E-state index in [1.807, 2.05) is 0 Å². The van der Waals surface area contributed by atoms with Crippen LogP contribution in [0.2, 0.25) is 0 Å². The minimum atomic E-state index is -4.86. The number of amides is 1. The molecule has 0 aliphatic rings. The molecule has 0 aliphatic heterocycles. The first-order chi connectivity index (χ1) is 16.0. The summed E-state index contributed by atoms with van der Waals surface area (Å²) < 4.78 is 55.5. The number of benzene rings is 1. The maximum atomic E-state index is 14.4. The van der Waals surface area contributed by atoms with Crippen LogP contribution in [0.4, 0.5) is 22.7 Å². The van der Waals surface area contributed by atoms with Crippen molar-refractivity contribution in [1.29, 1.82) is 0 Å². The number of halogens is 4. The number of alkyl halides is 3. The standard InChI is InChI=1S/C21H15F4N5O3S/c1-29-14-6-7-26-12(16(14)18(32)30(2)20(29)33)8-15(31)28-19-27-13(9-34-19)10-4-3-5-11(17(10)22)21(23,24)25/h3-7,9H,8H2,1-2H3,(H,27,28,31). The lowest BCUT2D eigenvalue weighted by molar-refractivity contribution is -0.139. The number of aryl methyl sites for hydroxylation is 1. The quantitative estimate of drug-likeness (QED) is 0.441. The van der Waals surface area contributed by atoms with Gasteiger partial charge in [-0.3, -0.25) is 23.7 Å². The number of aromatic nitrogens is 4. The molecule has 3 aromatic heterocycles. The minimum Gasteiger partial charge on any atom is -0.302 e. The van der Waals surface area contributed by atoms with E-state index in [-0.39, 0.29) is 33.9 Å². The van der Waals surface area contributed by atoms with E-state index in [2.05, 4.69) is 15.3 Å². The number of carbonyl (C=O) groups excluding carboxylic acids is 1. The second-order valence-corrected chi connectivity index (χ2v) is 8.14. The van der Waals surface area contributed by atoms with Gasteiger partial charge < -0.3 is 5.32 Å². The zero-order valence-electron chi connectivity index (χ0n) is 17.6. The predicted octanol–water partition coefficient (Wildman–Crippen LogP) is 3.09. The van der Waals surface area contributed by atoms with Gasteiger partial charge in [0, 0.05) is 31.2 Å². The Kier molecular flexibility index (Phi) is 5.81. The molecule has 0 aliphatic carbocycles. The molecule has 1 amide bonds. The molecule has 0 fully saturated rings. The lowest BCUT2D eigenvalue weighted by atomic mass is 10.1.